The zero-order valence-corrected chi connectivity index (χ0v) is 20.1. The van der Waals surface area contributed by atoms with Crippen LogP contribution in [0, 0.1) is 13.8 Å². The molecule has 0 spiro atoms. The number of H-pyrrole nitrogens is 1. The van der Waals surface area contributed by atoms with Gasteiger partial charge in [-0.05, 0) is 57.5 Å². The van der Waals surface area contributed by atoms with Gasteiger partial charge in [0.05, 0.1) is 24.3 Å². The average molecular weight is 463 g/mol. The number of ketones is 1. The van der Waals surface area contributed by atoms with E-state index in [0.29, 0.717) is 11.3 Å². The van der Waals surface area contributed by atoms with Gasteiger partial charge in [-0.15, -0.1) is 0 Å². The maximum Gasteiger partial charge on any atom is 0.295 e. The van der Waals surface area contributed by atoms with E-state index in [4.69, 9.17) is 9.47 Å². The molecule has 1 aliphatic rings. The minimum absolute atomic E-state index is 0.00843. The monoisotopic (exact) mass is 462 g/mol. The van der Waals surface area contributed by atoms with E-state index in [-0.39, 0.29) is 30.6 Å². The first kappa shape index (κ1) is 23.6. The van der Waals surface area contributed by atoms with E-state index in [9.17, 15) is 14.7 Å². The van der Waals surface area contributed by atoms with Crippen molar-refractivity contribution in [2.45, 2.75) is 39.8 Å². The van der Waals surface area contributed by atoms with Gasteiger partial charge >= 0.3 is 0 Å². The third kappa shape index (κ3) is 4.07. The fourth-order valence-corrected chi connectivity index (χ4v) is 4.59. The average Bonchev–Trinajstić information content (AvgIpc) is 3.25. The number of benzene rings is 2. The first-order valence-corrected chi connectivity index (χ1v) is 11.4. The number of para-hydroxylation sites is 1. The fourth-order valence-electron chi connectivity index (χ4n) is 4.59. The van der Waals surface area contributed by atoms with Crippen molar-refractivity contribution in [3.8, 4) is 5.75 Å². The van der Waals surface area contributed by atoms with Crippen molar-refractivity contribution in [2.75, 3.05) is 20.3 Å². The van der Waals surface area contributed by atoms with Crippen molar-refractivity contribution in [2.24, 2.45) is 0 Å². The van der Waals surface area contributed by atoms with Crippen LogP contribution < -0.4 is 4.74 Å². The third-order valence-electron chi connectivity index (χ3n) is 6.10. The van der Waals surface area contributed by atoms with E-state index in [2.05, 4.69) is 4.98 Å². The molecule has 1 saturated heterocycles. The molecule has 1 aliphatic heterocycles. The van der Waals surface area contributed by atoms with Crippen LogP contribution in [0.25, 0.3) is 16.7 Å². The Labute approximate surface area is 199 Å². The van der Waals surface area contributed by atoms with Crippen molar-refractivity contribution in [3.63, 3.8) is 0 Å². The van der Waals surface area contributed by atoms with E-state index in [0.717, 1.165) is 27.7 Å². The highest BCUT2D eigenvalue weighted by Crippen LogP contribution is 2.43. The SMILES string of the molecule is COCCN1C(=O)C(=O)/C(=C(/O)c2ccc(OC(C)C)c(C)c2)C1c1c(C)[nH]c2ccccc12. The van der Waals surface area contributed by atoms with Gasteiger partial charge in [-0.3, -0.25) is 9.59 Å². The van der Waals surface area contributed by atoms with Crippen LogP contribution in [-0.2, 0) is 14.3 Å². The molecule has 1 aromatic heterocycles. The molecule has 2 aromatic carbocycles. The number of nitrogens with one attached hydrogen (secondary N) is 1. The van der Waals surface area contributed by atoms with Crippen LogP contribution in [0.15, 0.2) is 48.0 Å². The molecule has 0 bridgehead atoms. The minimum Gasteiger partial charge on any atom is -0.507 e. The second-order valence-corrected chi connectivity index (χ2v) is 8.84. The summed E-state index contributed by atoms with van der Waals surface area (Å²) in [7, 11) is 1.55. The lowest BCUT2D eigenvalue weighted by atomic mass is 9.93. The van der Waals surface area contributed by atoms with E-state index in [1.165, 1.54) is 4.90 Å². The number of carbonyl (C=O) groups excluding carboxylic acids is 2. The Balaban J connectivity index is 1.91. The van der Waals surface area contributed by atoms with E-state index < -0.39 is 17.7 Å². The molecule has 0 radical (unpaired) electrons. The minimum atomic E-state index is -0.738. The number of fused-ring (bicyclic) bond motifs is 1. The number of Topliss-reactive ketones (excluding diaryl/α,β-unsaturated/α-hetero) is 1. The highest BCUT2D eigenvalue weighted by atomic mass is 16.5. The Morgan fingerprint density at radius 1 is 1.15 bits per heavy atom. The lowest BCUT2D eigenvalue weighted by Crippen LogP contribution is -2.32. The van der Waals surface area contributed by atoms with Gasteiger partial charge in [-0.1, -0.05) is 18.2 Å². The van der Waals surface area contributed by atoms with Gasteiger partial charge in [0.2, 0.25) is 0 Å². The lowest BCUT2D eigenvalue weighted by Gasteiger charge is -2.25. The van der Waals surface area contributed by atoms with Crippen LogP contribution in [0.3, 0.4) is 0 Å². The molecule has 4 rings (SSSR count). The number of hydrogen-bond donors (Lipinski definition) is 2. The maximum absolute atomic E-state index is 13.3. The van der Waals surface area contributed by atoms with Gasteiger partial charge < -0.3 is 24.5 Å². The van der Waals surface area contributed by atoms with Gasteiger partial charge in [0, 0.05) is 41.4 Å². The standard InChI is InChI=1S/C27H30N2O5/c1-15(2)34-21-11-10-18(14-16(21)3)25(30)23-24(29(12-13-33-5)27(32)26(23)31)22-17(4)28-20-9-7-6-8-19(20)22/h6-11,14-15,24,28,30H,12-13H2,1-5H3/b25-23+. The Bertz CT molecular complexity index is 1290. The summed E-state index contributed by atoms with van der Waals surface area (Å²) in [6.07, 6.45) is 0.00843. The van der Waals surface area contributed by atoms with Crippen LogP contribution in [-0.4, -0.2) is 53.0 Å². The van der Waals surface area contributed by atoms with Crippen molar-refractivity contribution in [3.05, 3.63) is 70.4 Å². The van der Waals surface area contributed by atoms with Crippen LogP contribution >= 0.6 is 0 Å². The number of amides is 1. The van der Waals surface area contributed by atoms with Gasteiger partial charge in [0.25, 0.3) is 11.7 Å². The van der Waals surface area contributed by atoms with E-state index >= 15 is 0 Å². The number of likely N-dealkylation sites (tertiary alicyclic amines) is 1. The number of nitrogens with zero attached hydrogens (tertiary/aromatic N) is 1. The van der Waals surface area contributed by atoms with Crippen molar-refractivity contribution in [1.29, 1.82) is 0 Å². The number of aryl methyl sites for hydroxylation is 2. The smallest absolute Gasteiger partial charge is 0.295 e. The number of aromatic nitrogens is 1. The zero-order chi connectivity index (χ0) is 24.6. The quantitative estimate of drug-likeness (QED) is 0.303. The Morgan fingerprint density at radius 2 is 1.88 bits per heavy atom. The predicted molar refractivity (Wildman–Crippen MR) is 131 cm³/mol. The number of carbonyl (C=O) groups is 2. The third-order valence-corrected chi connectivity index (χ3v) is 6.10. The molecular formula is C27H30N2O5. The summed E-state index contributed by atoms with van der Waals surface area (Å²) in [5.41, 5.74) is 3.89. The number of hydrogen-bond acceptors (Lipinski definition) is 5. The molecule has 7 nitrogen and oxygen atoms in total. The van der Waals surface area contributed by atoms with Crippen LogP contribution in [0.5, 0.6) is 5.75 Å². The number of methoxy groups -OCH3 is 1. The summed E-state index contributed by atoms with van der Waals surface area (Å²) in [5, 5.41) is 12.3. The largest absolute Gasteiger partial charge is 0.507 e. The zero-order valence-electron chi connectivity index (χ0n) is 20.1. The molecular weight excluding hydrogens is 432 g/mol. The summed E-state index contributed by atoms with van der Waals surface area (Å²) >= 11 is 0. The van der Waals surface area contributed by atoms with Crippen molar-refractivity contribution in [1.82, 2.24) is 9.88 Å². The van der Waals surface area contributed by atoms with Gasteiger partial charge in [0.15, 0.2) is 0 Å². The van der Waals surface area contributed by atoms with Gasteiger partial charge in [0.1, 0.15) is 11.5 Å². The summed E-state index contributed by atoms with van der Waals surface area (Å²) in [6.45, 7) is 8.17. The van der Waals surface area contributed by atoms with Crippen molar-refractivity contribution < 1.29 is 24.2 Å². The lowest BCUT2D eigenvalue weighted by molar-refractivity contribution is -0.140. The summed E-state index contributed by atoms with van der Waals surface area (Å²) in [5.74, 6) is -0.850. The molecule has 1 atom stereocenters. The highest BCUT2D eigenvalue weighted by Gasteiger charge is 2.47. The first-order valence-electron chi connectivity index (χ1n) is 11.4. The second kappa shape index (κ2) is 9.35. The molecule has 2 N–H and O–H groups in total. The topological polar surface area (TPSA) is 91.9 Å². The molecule has 0 saturated carbocycles. The molecule has 0 aliphatic carbocycles. The van der Waals surface area contributed by atoms with Gasteiger partial charge in [-0.25, -0.2) is 0 Å². The number of rotatable bonds is 7. The number of aliphatic hydroxyl groups excluding tert-OH is 1. The Hall–Kier alpha value is -3.58. The molecule has 7 heteroatoms. The highest BCUT2D eigenvalue weighted by molar-refractivity contribution is 6.46. The fraction of sp³-hybridized carbons (Fsp3) is 0.333. The van der Waals surface area contributed by atoms with Crippen LogP contribution in [0.1, 0.15) is 42.3 Å². The first-order chi connectivity index (χ1) is 16.2. The van der Waals surface area contributed by atoms with E-state index in [1.807, 2.05) is 52.0 Å². The number of aliphatic hydroxyl groups is 1. The Morgan fingerprint density at radius 3 is 2.56 bits per heavy atom. The molecule has 1 amide bonds. The summed E-state index contributed by atoms with van der Waals surface area (Å²) < 4.78 is 11.0. The summed E-state index contributed by atoms with van der Waals surface area (Å²) in [4.78, 5) is 31.2. The number of ether oxygens (including phenoxy) is 2. The van der Waals surface area contributed by atoms with E-state index in [1.54, 1.807) is 25.3 Å². The van der Waals surface area contributed by atoms with Crippen LogP contribution in [0.2, 0.25) is 0 Å². The molecule has 1 unspecified atom stereocenters. The molecule has 3 aromatic rings. The second-order valence-electron chi connectivity index (χ2n) is 8.84. The molecule has 178 valence electrons. The molecule has 1 fully saturated rings. The van der Waals surface area contributed by atoms with Crippen LogP contribution in [0.4, 0.5) is 0 Å². The molecule has 2 heterocycles. The predicted octanol–water partition coefficient (Wildman–Crippen LogP) is 4.64. The molecule has 34 heavy (non-hydrogen) atoms. The maximum atomic E-state index is 13.3. The van der Waals surface area contributed by atoms with Gasteiger partial charge in [-0.2, -0.15) is 0 Å². The normalized spacial score (nSPS) is 17.8. The Kier molecular flexibility index (Phi) is 6.48. The number of aromatic amines is 1. The van der Waals surface area contributed by atoms with Crippen molar-refractivity contribution >= 4 is 28.4 Å². The summed E-state index contributed by atoms with van der Waals surface area (Å²) in [6, 6.07) is 12.3.